The third-order valence-electron chi connectivity index (χ3n) is 5.31. The molecule has 178 valence electrons. The van der Waals surface area contributed by atoms with E-state index in [-0.39, 0.29) is 54.3 Å². The second-order valence-corrected chi connectivity index (χ2v) is 8.27. The Morgan fingerprint density at radius 2 is 1.94 bits per heavy atom. The third kappa shape index (κ3) is 4.38. The SMILES string of the molecule is CCc1cc2n(CC(=O)Nc3ccc(F)cn3)c3c(c(=O)n2n1)CN(CC(=O)NC(C)C)C3=O. The second kappa shape index (κ2) is 9.04. The summed E-state index contributed by atoms with van der Waals surface area (Å²) in [7, 11) is 0. The highest BCUT2D eigenvalue weighted by atomic mass is 19.1. The molecule has 0 fully saturated rings. The zero-order valence-corrected chi connectivity index (χ0v) is 19.0. The summed E-state index contributed by atoms with van der Waals surface area (Å²) in [6, 6.07) is 4.01. The second-order valence-electron chi connectivity index (χ2n) is 8.27. The van der Waals surface area contributed by atoms with Crippen LogP contribution in [-0.4, -0.2) is 54.4 Å². The van der Waals surface area contributed by atoms with E-state index in [1.165, 1.54) is 20.0 Å². The van der Waals surface area contributed by atoms with Crippen molar-refractivity contribution < 1.29 is 18.8 Å². The van der Waals surface area contributed by atoms with Gasteiger partial charge in [-0.05, 0) is 32.4 Å². The Kier molecular flexibility index (Phi) is 6.14. The number of carbonyl (C=O) groups excluding carboxylic acids is 3. The Bertz CT molecular complexity index is 1340. The van der Waals surface area contributed by atoms with E-state index in [1.54, 1.807) is 19.9 Å². The van der Waals surface area contributed by atoms with E-state index < -0.39 is 23.2 Å². The molecule has 0 aliphatic carbocycles. The van der Waals surface area contributed by atoms with E-state index >= 15 is 0 Å². The fraction of sp³-hybridized carbons (Fsp3) is 0.364. The van der Waals surface area contributed by atoms with Crippen molar-refractivity contribution in [3.63, 3.8) is 0 Å². The summed E-state index contributed by atoms with van der Waals surface area (Å²) < 4.78 is 15.7. The Balaban J connectivity index is 1.72. The highest BCUT2D eigenvalue weighted by Crippen LogP contribution is 2.23. The summed E-state index contributed by atoms with van der Waals surface area (Å²) in [5.74, 6) is -1.82. The molecule has 3 aromatic heterocycles. The summed E-state index contributed by atoms with van der Waals surface area (Å²) in [6.45, 7) is 4.86. The van der Waals surface area contributed by atoms with E-state index in [0.29, 0.717) is 12.1 Å². The number of hydrogen-bond donors (Lipinski definition) is 2. The number of nitrogens with zero attached hydrogens (tertiary/aromatic N) is 5. The van der Waals surface area contributed by atoms with Crippen LogP contribution in [0.1, 0.15) is 42.5 Å². The van der Waals surface area contributed by atoms with Gasteiger partial charge in [-0.3, -0.25) is 19.2 Å². The predicted octanol–water partition coefficient (Wildman–Crippen LogP) is 0.712. The molecule has 0 bridgehead atoms. The Hall–Kier alpha value is -4.09. The molecule has 34 heavy (non-hydrogen) atoms. The van der Waals surface area contributed by atoms with Gasteiger partial charge in [0.05, 0.1) is 24.0 Å². The number of carbonyl (C=O) groups is 3. The van der Waals surface area contributed by atoms with Gasteiger partial charge in [-0.1, -0.05) is 6.92 Å². The smallest absolute Gasteiger partial charge is 0.280 e. The third-order valence-corrected chi connectivity index (χ3v) is 5.31. The molecule has 0 radical (unpaired) electrons. The molecule has 11 nitrogen and oxygen atoms in total. The van der Waals surface area contributed by atoms with Gasteiger partial charge >= 0.3 is 0 Å². The molecular weight excluding hydrogens is 445 g/mol. The maximum absolute atomic E-state index is 13.3. The average Bonchev–Trinajstić information content (AvgIpc) is 3.35. The molecule has 0 saturated carbocycles. The number of anilines is 1. The summed E-state index contributed by atoms with van der Waals surface area (Å²) >= 11 is 0. The number of fused-ring (bicyclic) bond motifs is 2. The molecule has 0 atom stereocenters. The van der Waals surface area contributed by atoms with Crippen molar-refractivity contribution in [2.45, 2.75) is 46.3 Å². The average molecular weight is 469 g/mol. The van der Waals surface area contributed by atoms with Gasteiger partial charge in [0.15, 0.2) is 0 Å². The predicted molar refractivity (Wildman–Crippen MR) is 120 cm³/mol. The van der Waals surface area contributed by atoms with Crippen molar-refractivity contribution in [3.8, 4) is 0 Å². The van der Waals surface area contributed by atoms with E-state index in [0.717, 1.165) is 12.3 Å². The number of pyridine rings is 1. The van der Waals surface area contributed by atoms with Crippen LogP contribution in [0.4, 0.5) is 10.2 Å². The molecule has 3 amide bonds. The number of halogens is 1. The van der Waals surface area contributed by atoms with Crippen molar-refractivity contribution in [1.82, 2.24) is 29.4 Å². The highest BCUT2D eigenvalue weighted by molar-refractivity contribution is 6.00. The molecule has 0 unspecified atom stereocenters. The molecule has 1 aliphatic rings. The van der Waals surface area contributed by atoms with Gasteiger partial charge in [-0.25, -0.2) is 9.37 Å². The van der Waals surface area contributed by atoms with E-state index in [2.05, 4.69) is 20.7 Å². The first-order valence-corrected chi connectivity index (χ1v) is 10.8. The van der Waals surface area contributed by atoms with Crippen molar-refractivity contribution in [1.29, 1.82) is 0 Å². The number of aryl methyl sites for hydroxylation is 1. The van der Waals surface area contributed by atoms with Crippen LogP contribution in [0.5, 0.6) is 0 Å². The van der Waals surface area contributed by atoms with E-state index in [4.69, 9.17) is 0 Å². The lowest BCUT2D eigenvalue weighted by Gasteiger charge is -2.17. The molecular formula is C22H24FN7O4. The largest absolute Gasteiger partial charge is 0.352 e. The van der Waals surface area contributed by atoms with E-state index in [9.17, 15) is 23.6 Å². The summed E-state index contributed by atoms with van der Waals surface area (Å²) in [5, 5.41) is 9.58. The molecule has 0 saturated heterocycles. The molecule has 0 spiro atoms. The van der Waals surface area contributed by atoms with Crippen LogP contribution in [-0.2, 0) is 29.1 Å². The first-order valence-electron chi connectivity index (χ1n) is 10.8. The fourth-order valence-electron chi connectivity index (χ4n) is 3.84. The lowest BCUT2D eigenvalue weighted by molar-refractivity contribution is -0.122. The van der Waals surface area contributed by atoms with Gasteiger partial charge in [-0.15, -0.1) is 0 Å². The zero-order chi connectivity index (χ0) is 24.6. The van der Waals surface area contributed by atoms with Gasteiger partial charge in [0.2, 0.25) is 11.8 Å². The molecule has 4 heterocycles. The zero-order valence-electron chi connectivity index (χ0n) is 19.0. The van der Waals surface area contributed by atoms with Crippen LogP contribution in [0.2, 0.25) is 0 Å². The maximum Gasteiger partial charge on any atom is 0.280 e. The minimum atomic E-state index is -0.545. The van der Waals surface area contributed by atoms with E-state index in [1.807, 2.05) is 6.92 Å². The lowest BCUT2D eigenvalue weighted by atomic mass is 10.2. The number of nitrogens with one attached hydrogen (secondary N) is 2. The van der Waals surface area contributed by atoms with Crippen molar-refractivity contribution in [2.75, 3.05) is 11.9 Å². The van der Waals surface area contributed by atoms with Crippen molar-refractivity contribution >= 4 is 29.2 Å². The summed E-state index contributed by atoms with van der Waals surface area (Å²) in [4.78, 5) is 56.5. The molecule has 1 aliphatic heterocycles. The molecule has 3 aromatic rings. The summed E-state index contributed by atoms with van der Waals surface area (Å²) in [5.41, 5.74) is 0.634. The van der Waals surface area contributed by atoms with Crippen LogP contribution in [0.25, 0.3) is 5.65 Å². The van der Waals surface area contributed by atoms with Crippen molar-refractivity contribution in [2.24, 2.45) is 0 Å². The Morgan fingerprint density at radius 3 is 2.59 bits per heavy atom. The lowest BCUT2D eigenvalue weighted by Crippen LogP contribution is -2.40. The van der Waals surface area contributed by atoms with Gasteiger partial charge in [0.25, 0.3) is 11.5 Å². The van der Waals surface area contributed by atoms with Gasteiger partial charge in [0.1, 0.15) is 36.1 Å². The monoisotopic (exact) mass is 469 g/mol. The van der Waals surface area contributed by atoms with Crippen LogP contribution in [0.15, 0.2) is 29.2 Å². The number of rotatable bonds is 7. The Labute approximate surface area is 193 Å². The molecule has 12 heteroatoms. The normalized spacial score (nSPS) is 13.0. The molecule has 2 N–H and O–H groups in total. The Morgan fingerprint density at radius 1 is 1.18 bits per heavy atom. The summed E-state index contributed by atoms with van der Waals surface area (Å²) in [6.07, 6.45) is 1.52. The molecule has 4 rings (SSSR count). The molecule has 0 aromatic carbocycles. The van der Waals surface area contributed by atoms with Gasteiger partial charge < -0.3 is 20.1 Å². The van der Waals surface area contributed by atoms with Gasteiger partial charge in [-0.2, -0.15) is 9.61 Å². The minimum Gasteiger partial charge on any atom is -0.352 e. The minimum absolute atomic E-state index is 0.0413. The number of amides is 3. The standard InChI is InChI=1S/C22H24FN7O4/c1-4-14-7-19-29(11-18(32)26-16-6-5-13(23)8-24-16)20-15(21(33)30(19)27-14)9-28(22(20)34)10-17(31)25-12(2)3/h5-8,12H,4,9-11H2,1-3H3,(H,25,31)(H,24,26,32). The topological polar surface area (TPSA) is 131 Å². The maximum atomic E-state index is 13.3. The van der Waals surface area contributed by atoms with Crippen LogP contribution >= 0.6 is 0 Å². The quantitative estimate of drug-likeness (QED) is 0.524. The van der Waals surface area contributed by atoms with Gasteiger partial charge in [0, 0.05) is 12.1 Å². The first kappa shape index (κ1) is 23.1. The first-order chi connectivity index (χ1) is 16.2. The highest BCUT2D eigenvalue weighted by Gasteiger charge is 2.36. The fourth-order valence-corrected chi connectivity index (χ4v) is 3.84. The number of aromatic nitrogens is 4. The van der Waals surface area contributed by atoms with Crippen LogP contribution in [0.3, 0.4) is 0 Å². The number of hydrogen-bond acceptors (Lipinski definition) is 6. The van der Waals surface area contributed by atoms with Crippen LogP contribution < -0.4 is 16.2 Å². The van der Waals surface area contributed by atoms with Crippen LogP contribution in [0, 0.1) is 5.82 Å². The van der Waals surface area contributed by atoms with Crippen molar-refractivity contribution in [3.05, 3.63) is 57.5 Å².